The van der Waals surface area contributed by atoms with E-state index in [1.54, 1.807) is 37.3 Å². The topological polar surface area (TPSA) is 95.3 Å². The molecule has 9 heteroatoms. The Bertz CT molecular complexity index is 1270. The van der Waals surface area contributed by atoms with Gasteiger partial charge in [-0.2, -0.15) is 5.26 Å². The van der Waals surface area contributed by atoms with Crippen molar-refractivity contribution in [2.45, 2.75) is 13.3 Å². The molecule has 33 heavy (non-hydrogen) atoms. The summed E-state index contributed by atoms with van der Waals surface area (Å²) in [6.07, 6.45) is 1.73. The predicted molar refractivity (Wildman–Crippen MR) is 116 cm³/mol. The van der Waals surface area contributed by atoms with E-state index in [9.17, 15) is 18.4 Å². The fraction of sp³-hybridized carbons (Fsp3) is 0.167. The molecule has 4 rings (SSSR count). The number of rotatable bonds is 5. The molecule has 2 aromatic carbocycles. The van der Waals surface area contributed by atoms with Gasteiger partial charge in [0, 0.05) is 30.2 Å². The number of aryl methyl sites for hydroxylation is 1. The van der Waals surface area contributed by atoms with Crippen LogP contribution in [0.25, 0.3) is 0 Å². The summed E-state index contributed by atoms with van der Waals surface area (Å²) < 4.78 is 32.7. The van der Waals surface area contributed by atoms with Gasteiger partial charge < -0.3 is 15.0 Å². The Labute approximate surface area is 188 Å². The van der Waals surface area contributed by atoms with Crippen molar-refractivity contribution >= 4 is 23.2 Å². The van der Waals surface area contributed by atoms with E-state index in [1.807, 2.05) is 6.07 Å². The van der Waals surface area contributed by atoms with Crippen LogP contribution in [-0.2, 0) is 9.59 Å². The summed E-state index contributed by atoms with van der Waals surface area (Å²) in [6, 6.07) is 13.0. The molecule has 2 amide bonds. The van der Waals surface area contributed by atoms with E-state index in [0.717, 1.165) is 18.2 Å². The number of nitrogens with zero attached hydrogens (tertiary/aromatic N) is 3. The third kappa shape index (κ3) is 4.65. The maximum atomic E-state index is 13.5. The summed E-state index contributed by atoms with van der Waals surface area (Å²) in [4.78, 5) is 30.7. The van der Waals surface area contributed by atoms with Gasteiger partial charge >= 0.3 is 0 Å². The normalized spacial score (nSPS) is 15.3. The Morgan fingerprint density at radius 1 is 1.21 bits per heavy atom. The minimum atomic E-state index is -0.974. The van der Waals surface area contributed by atoms with Crippen LogP contribution in [0.15, 0.2) is 54.7 Å². The standard InChI is InChI=1S/C24H18F2N4O3/c1-14-9-19(33-23-15(13-27)3-2-7-28-23)4-5-21(14)29-22(31)20-6-8-30(24(20)32)18-11-16(25)10-17(26)12-18/h2-5,7,9-12,20H,6,8H2,1H3,(H,29,31). The molecular weight excluding hydrogens is 430 g/mol. The second-order valence-corrected chi connectivity index (χ2v) is 7.49. The third-order valence-corrected chi connectivity index (χ3v) is 5.24. The molecular formula is C24H18F2N4O3. The number of ether oxygens (including phenoxy) is 1. The number of nitriles is 1. The molecule has 2 heterocycles. The number of hydrogen-bond acceptors (Lipinski definition) is 5. The average Bonchev–Trinajstić information content (AvgIpc) is 3.17. The molecule has 1 atom stereocenters. The first-order valence-corrected chi connectivity index (χ1v) is 10.1. The van der Waals surface area contributed by atoms with Crippen molar-refractivity contribution in [1.29, 1.82) is 5.26 Å². The van der Waals surface area contributed by atoms with Crippen LogP contribution in [0, 0.1) is 35.8 Å². The molecule has 1 aromatic heterocycles. The molecule has 7 nitrogen and oxygen atoms in total. The van der Waals surface area contributed by atoms with Crippen molar-refractivity contribution in [3.05, 3.63) is 77.5 Å². The molecule has 0 radical (unpaired) electrons. The lowest BCUT2D eigenvalue weighted by Gasteiger charge is -2.17. The number of benzene rings is 2. The lowest BCUT2D eigenvalue weighted by atomic mass is 10.1. The molecule has 1 aliphatic rings. The van der Waals surface area contributed by atoms with Crippen LogP contribution in [0.1, 0.15) is 17.5 Å². The lowest BCUT2D eigenvalue weighted by Crippen LogP contribution is -2.33. The summed E-state index contributed by atoms with van der Waals surface area (Å²) >= 11 is 0. The number of hydrogen-bond donors (Lipinski definition) is 1. The molecule has 1 unspecified atom stereocenters. The van der Waals surface area contributed by atoms with Gasteiger partial charge in [-0.05, 0) is 61.4 Å². The average molecular weight is 448 g/mol. The fourth-order valence-electron chi connectivity index (χ4n) is 3.60. The Balaban J connectivity index is 1.45. The van der Waals surface area contributed by atoms with Gasteiger partial charge in [-0.3, -0.25) is 9.59 Å². The van der Waals surface area contributed by atoms with E-state index in [0.29, 0.717) is 17.0 Å². The predicted octanol–water partition coefficient (Wildman–Crippen LogP) is 4.32. The van der Waals surface area contributed by atoms with E-state index in [1.165, 1.54) is 11.1 Å². The molecule has 1 saturated heterocycles. The molecule has 1 fully saturated rings. The molecule has 0 saturated carbocycles. The molecule has 1 N–H and O–H groups in total. The van der Waals surface area contributed by atoms with Gasteiger partial charge in [-0.25, -0.2) is 13.8 Å². The number of aromatic nitrogens is 1. The van der Waals surface area contributed by atoms with E-state index in [4.69, 9.17) is 10.00 Å². The van der Waals surface area contributed by atoms with Crippen LogP contribution < -0.4 is 15.0 Å². The van der Waals surface area contributed by atoms with Crippen molar-refractivity contribution in [1.82, 2.24) is 4.98 Å². The monoisotopic (exact) mass is 448 g/mol. The van der Waals surface area contributed by atoms with Crippen LogP contribution in [0.2, 0.25) is 0 Å². The summed E-state index contributed by atoms with van der Waals surface area (Å²) in [5.41, 5.74) is 1.52. The Hall–Kier alpha value is -4.32. The highest BCUT2D eigenvalue weighted by Crippen LogP contribution is 2.30. The van der Waals surface area contributed by atoms with Crippen LogP contribution in [0.5, 0.6) is 11.6 Å². The van der Waals surface area contributed by atoms with Gasteiger partial charge in [-0.15, -0.1) is 0 Å². The summed E-state index contributed by atoms with van der Waals surface area (Å²) in [7, 11) is 0. The molecule has 0 aliphatic carbocycles. The maximum Gasteiger partial charge on any atom is 0.239 e. The van der Waals surface area contributed by atoms with Gasteiger partial charge in [-0.1, -0.05) is 0 Å². The quantitative estimate of drug-likeness (QED) is 0.587. The first-order valence-electron chi connectivity index (χ1n) is 10.1. The zero-order valence-corrected chi connectivity index (χ0v) is 17.5. The van der Waals surface area contributed by atoms with Crippen molar-refractivity contribution in [2.75, 3.05) is 16.8 Å². The van der Waals surface area contributed by atoms with Gasteiger partial charge in [0.1, 0.15) is 34.9 Å². The Morgan fingerprint density at radius 2 is 1.97 bits per heavy atom. The third-order valence-electron chi connectivity index (χ3n) is 5.24. The number of carbonyl (C=O) groups is 2. The zero-order chi connectivity index (χ0) is 23.5. The van der Waals surface area contributed by atoms with Crippen molar-refractivity contribution in [2.24, 2.45) is 5.92 Å². The van der Waals surface area contributed by atoms with Gasteiger partial charge in [0.25, 0.3) is 0 Å². The number of amides is 2. The van der Waals surface area contributed by atoms with Gasteiger partial charge in [0.15, 0.2) is 0 Å². The SMILES string of the molecule is Cc1cc(Oc2ncccc2C#N)ccc1NC(=O)C1CCN(c2cc(F)cc(F)c2)C1=O. The highest BCUT2D eigenvalue weighted by molar-refractivity contribution is 6.13. The highest BCUT2D eigenvalue weighted by atomic mass is 19.1. The first kappa shape index (κ1) is 21.9. The number of anilines is 2. The number of nitrogens with one attached hydrogen (secondary N) is 1. The van der Waals surface area contributed by atoms with Gasteiger partial charge in [0.2, 0.25) is 17.7 Å². The van der Waals surface area contributed by atoms with Crippen LogP contribution in [0.3, 0.4) is 0 Å². The smallest absolute Gasteiger partial charge is 0.239 e. The molecule has 3 aromatic rings. The van der Waals surface area contributed by atoms with Crippen LogP contribution >= 0.6 is 0 Å². The second-order valence-electron chi connectivity index (χ2n) is 7.49. The minimum Gasteiger partial charge on any atom is -0.438 e. The van der Waals surface area contributed by atoms with Crippen molar-refractivity contribution in [3.8, 4) is 17.7 Å². The van der Waals surface area contributed by atoms with E-state index in [2.05, 4.69) is 10.3 Å². The largest absolute Gasteiger partial charge is 0.438 e. The molecule has 1 aliphatic heterocycles. The van der Waals surface area contributed by atoms with E-state index in [-0.39, 0.29) is 30.1 Å². The van der Waals surface area contributed by atoms with E-state index >= 15 is 0 Å². The van der Waals surface area contributed by atoms with E-state index < -0.39 is 29.4 Å². The number of carbonyl (C=O) groups excluding carboxylic acids is 2. The van der Waals surface area contributed by atoms with Gasteiger partial charge in [0.05, 0.1) is 0 Å². The molecule has 0 spiro atoms. The zero-order valence-electron chi connectivity index (χ0n) is 17.5. The minimum absolute atomic E-state index is 0.0803. The fourth-order valence-corrected chi connectivity index (χ4v) is 3.60. The second kappa shape index (κ2) is 9.04. The molecule has 166 valence electrons. The maximum absolute atomic E-state index is 13.5. The summed E-state index contributed by atoms with van der Waals surface area (Å²) in [6.45, 7) is 1.93. The summed E-state index contributed by atoms with van der Waals surface area (Å²) in [5, 5.41) is 11.9. The first-order chi connectivity index (χ1) is 15.9. The summed E-state index contributed by atoms with van der Waals surface area (Å²) in [5.74, 6) is -2.99. The Kier molecular flexibility index (Phi) is 6.00. The van der Waals surface area contributed by atoms with Crippen molar-refractivity contribution < 1.29 is 23.1 Å². The number of halogens is 2. The van der Waals surface area contributed by atoms with Crippen molar-refractivity contribution in [3.63, 3.8) is 0 Å². The van der Waals surface area contributed by atoms with Crippen LogP contribution in [-0.4, -0.2) is 23.3 Å². The number of pyridine rings is 1. The lowest BCUT2D eigenvalue weighted by molar-refractivity contribution is -0.129. The highest BCUT2D eigenvalue weighted by Gasteiger charge is 2.38. The Morgan fingerprint density at radius 3 is 2.67 bits per heavy atom. The molecule has 0 bridgehead atoms. The van der Waals surface area contributed by atoms with Crippen LogP contribution in [0.4, 0.5) is 20.2 Å².